The van der Waals surface area contributed by atoms with Crippen molar-refractivity contribution in [2.24, 2.45) is 0 Å². The fourth-order valence-corrected chi connectivity index (χ4v) is 2.91. The standard InChI is InChI=1S/C21H18N4O/c1-26-17-6-4-5-16(14-17)23-21-19-8-3-2-7-18(19)20(24-25-21)13-15-9-11-22-12-10-15/h2-12,14H,13H2,1H3,(H,23,25). The lowest BCUT2D eigenvalue weighted by Gasteiger charge is -2.12. The lowest BCUT2D eigenvalue weighted by Crippen LogP contribution is -2.02. The van der Waals surface area contributed by atoms with Crippen LogP contribution in [0.3, 0.4) is 0 Å². The molecule has 1 N–H and O–H groups in total. The van der Waals surface area contributed by atoms with Gasteiger partial charge >= 0.3 is 0 Å². The minimum absolute atomic E-state index is 0.718. The van der Waals surface area contributed by atoms with Crippen LogP contribution in [0, 0.1) is 0 Å². The van der Waals surface area contributed by atoms with Crippen LogP contribution in [-0.2, 0) is 6.42 Å². The maximum absolute atomic E-state index is 5.28. The van der Waals surface area contributed by atoms with E-state index < -0.39 is 0 Å². The number of anilines is 2. The maximum atomic E-state index is 5.28. The zero-order chi connectivity index (χ0) is 17.8. The fraction of sp³-hybridized carbons (Fsp3) is 0.0952. The number of hydrogen-bond donors (Lipinski definition) is 1. The average molecular weight is 342 g/mol. The van der Waals surface area contributed by atoms with E-state index in [1.54, 1.807) is 19.5 Å². The van der Waals surface area contributed by atoms with Gasteiger partial charge in [-0.2, -0.15) is 5.10 Å². The molecule has 0 saturated heterocycles. The Kier molecular flexibility index (Phi) is 4.43. The average Bonchev–Trinajstić information content (AvgIpc) is 2.71. The van der Waals surface area contributed by atoms with Gasteiger partial charge in [0.1, 0.15) is 5.75 Å². The Bertz CT molecular complexity index is 1030. The monoisotopic (exact) mass is 342 g/mol. The summed E-state index contributed by atoms with van der Waals surface area (Å²) in [4.78, 5) is 4.07. The Morgan fingerprint density at radius 1 is 0.885 bits per heavy atom. The number of aromatic nitrogens is 3. The number of benzene rings is 2. The van der Waals surface area contributed by atoms with Crippen LogP contribution in [0.15, 0.2) is 73.1 Å². The largest absolute Gasteiger partial charge is 0.497 e. The molecule has 26 heavy (non-hydrogen) atoms. The van der Waals surface area contributed by atoms with Crippen LogP contribution < -0.4 is 10.1 Å². The number of nitrogens with one attached hydrogen (secondary N) is 1. The van der Waals surface area contributed by atoms with Crippen molar-refractivity contribution in [3.05, 3.63) is 84.3 Å². The first-order chi connectivity index (χ1) is 12.8. The van der Waals surface area contributed by atoms with E-state index in [1.165, 1.54) is 0 Å². The summed E-state index contributed by atoms with van der Waals surface area (Å²) in [5.74, 6) is 1.52. The minimum atomic E-state index is 0.718. The van der Waals surface area contributed by atoms with Gasteiger partial charge in [0.15, 0.2) is 5.82 Å². The van der Waals surface area contributed by atoms with Gasteiger partial charge in [0.2, 0.25) is 0 Å². The van der Waals surface area contributed by atoms with Crippen LogP contribution in [0.25, 0.3) is 10.8 Å². The highest BCUT2D eigenvalue weighted by atomic mass is 16.5. The normalized spacial score (nSPS) is 10.7. The molecule has 0 radical (unpaired) electrons. The Balaban J connectivity index is 1.72. The molecule has 5 heteroatoms. The molecule has 0 unspecified atom stereocenters. The van der Waals surface area contributed by atoms with Crippen LogP contribution >= 0.6 is 0 Å². The number of hydrogen-bond acceptors (Lipinski definition) is 5. The molecule has 0 aliphatic heterocycles. The van der Waals surface area contributed by atoms with Gasteiger partial charge in [0.05, 0.1) is 12.8 Å². The van der Waals surface area contributed by atoms with E-state index in [2.05, 4.69) is 32.6 Å². The molecule has 5 nitrogen and oxygen atoms in total. The lowest BCUT2D eigenvalue weighted by atomic mass is 10.0. The molecule has 0 fully saturated rings. The molecule has 0 atom stereocenters. The maximum Gasteiger partial charge on any atom is 0.160 e. The molecule has 2 aromatic heterocycles. The highest BCUT2D eigenvalue weighted by Crippen LogP contribution is 2.28. The summed E-state index contributed by atoms with van der Waals surface area (Å²) < 4.78 is 5.28. The third kappa shape index (κ3) is 3.32. The highest BCUT2D eigenvalue weighted by molar-refractivity contribution is 5.94. The van der Waals surface area contributed by atoms with Crippen LogP contribution in [0.4, 0.5) is 11.5 Å². The molecule has 2 aromatic carbocycles. The second kappa shape index (κ2) is 7.19. The van der Waals surface area contributed by atoms with Crippen molar-refractivity contribution in [2.45, 2.75) is 6.42 Å². The van der Waals surface area contributed by atoms with Gasteiger partial charge in [-0.15, -0.1) is 5.10 Å². The smallest absolute Gasteiger partial charge is 0.160 e. The van der Waals surface area contributed by atoms with E-state index in [9.17, 15) is 0 Å². The number of ether oxygens (including phenoxy) is 1. The van der Waals surface area contributed by atoms with E-state index in [0.717, 1.165) is 45.7 Å². The van der Waals surface area contributed by atoms with Crippen LogP contribution in [-0.4, -0.2) is 22.3 Å². The summed E-state index contributed by atoms with van der Waals surface area (Å²) >= 11 is 0. The molecule has 0 bridgehead atoms. The molecule has 128 valence electrons. The number of methoxy groups -OCH3 is 1. The third-order valence-corrected chi connectivity index (χ3v) is 4.22. The summed E-state index contributed by atoms with van der Waals surface area (Å²) in [6, 6.07) is 19.9. The Hall–Kier alpha value is -3.47. The quantitative estimate of drug-likeness (QED) is 0.584. The molecular formula is C21H18N4O. The van der Waals surface area contributed by atoms with Gasteiger partial charge in [0, 0.05) is 41.3 Å². The second-order valence-electron chi connectivity index (χ2n) is 5.93. The van der Waals surface area contributed by atoms with E-state index in [-0.39, 0.29) is 0 Å². The Labute approximate surface area is 151 Å². The van der Waals surface area contributed by atoms with Crippen LogP contribution in [0.5, 0.6) is 5.75 Å². The van der Waals surface area contributed by atoms with Gasteiger partial charge in [-0.3, -0.25) is 4.98 Å². The Morgan fingerprint density at radius 2 is 1.69 bits per heavy atom. The minimum Gasteiger partial charge on any atom is -0.497 e. The molecule has 0 aliphatic carbocycles. The van der Waals surface area contributed by atoms with Gasteiger partial charge in [-0.25, -0.2) is 0 Å². The second-order valence-corrected chi connectivity index (χ2v) is 5.93. The summed E-state index contributed by atoms with van der Waals surface area (Å²) in [5, 5.41) is 14.4. The molecule has 0 amide bonds. The van der Waals surface area contributed by atoms with Crippen molar-refractivity contribution in [3.63, 3.8) is 0 Å². The van der Waals surface area contributed by atoms with Crippen molar-refractivity contribution in [1.82, 2.24) is 15.2 Å². The van der Waals surface area contributed by atoms with E-state index in [0.29, 0.717) is 0 Å². The first-order valence-corrected chi connectivity index (χ1v) is 8.38. The highest BCUT2D eigenvalue weighted by Gasteiger charge is 2.10. The summed E-state index contributed by atoms with van der Waals surface area (Å²) in [6.45, 7) is 0. The summed E-state index contributed by atoms with van der Waals surface area (Å²) in [6.07, 6.45) is 4.31. The van der Waals surface area contributed by atoms with Crippen molar-refractivity contribution < 1.29 is 4.74 Å². The van der Waals surface area contributed by atoms with E-state index >= 15 is 0 Å². The fourth-order valence-electron chi connectivity index (χ4n) is 2.91. The Morgan fingerprint density at radius 3 is 2.50 bits per heavy atom. The van der Waals surface area contributed by atoms with Gasteiger partial charge in [-0.1, -0.05) is 30.3 Å². The predicted molar refractivity (Wildman–Crippen MR) is 103 cm³/mol. The molecule has 0 saturated carbocycles. The zero-order valence-corrected chi connectivity index (χ0v) is 14.4. The van der Waals surface area contributed by atoms with E-state index in [4.69, 9.17) is 4.74 Å². The number of rotatable bonds is 5. The zero-order valence-electron chi connectivity index (χ0n) is 14.4. The third-order valence-electron chi connectivity index (χ3n) is 4.22. The molecule has 0 aliphatic rings. The van der Waals surface area contributed by atoms with Gasteiger partial charge in [-0.05, 0) is 29.8 Å². The van der Waals surface area contributed by atoms with Gasteiger partial charge in [0.25, 0.3) is 0 Å². The first kappa shape index (κ1) is 16.0. The van der Waals surface area contributed by atoms with Crippen molar-refractivity contribution in [2.75, 3.05) is 12.4 Å². The lowest BCUT2D eigenvalue weighted by molar-refractivity contribution is 0.415. The summed E-state index contributed by atoms with van der Waals surface area (Å²) in [7, 11) is 1.65. The van der Waals surface area contributed by atoms with Crippen molar-refractivity contribution >= 4 is 22.3 Å². The first-order valence-electron chi connectivity index (χ1n) is 8.38. The van der Waals surface area contributed by atoms with E-state index in [1.807, 2.05) is 48.5 Å². The number of nitrogens with zero attached hydrogens (tertiary/aromatic N) is 3. The van der Waals surface area contributed by atoms with Gasteiger partial charge < -0.3 is 10.1 Å². The number of fused-ring (bicyclic) bond motifs is 1. The molecule has 2 heterocycles. The SMILES string of the molecule is COc1cccc(Nc2nnc(Cc3ccncc3)c3ccccc23)c1. The van der Waals surface area contributed by atoms with Crippen LogP contribution in [0.2, 0.25) is 0 Å². The predicted octanol–water partition coefficient (Wildman–Crippen LogP) is 4.37. The topological polar surface area (TPSA) is 59.9 Å². The molecule has 4 rings (SSSR count). The van der Waals surface area contributed by atoms with Crippen molar-refractivity contribution in [1.29, 1.82) is 0 Å². The number of pyridine rings is 1. The van der Waals surface area contributed by atoms with Crippen LogP contribution in [0.1, 0.15) is 11.3 Å². The molecule has 4 aromatic rings. The molecule has 0 spiro atoms. The van der Waals surface area contributed by atoms with Crippen molar-refractivity contribution in [3.8, 4) is 5.75 Å². The molecular weight excluding hydrogens is 324 g/mol. The summed E-state index contributed by atoms with van der Waals surface area (Å²) in [5.41, 5.74) is 3.02.